The number of carbonyl (C=O) groups is 1. The summed E-state index contributed by atoms with van der Waals surface area (Å²) in [6.07, 6.45) is -0.0870. The molecule has 0 spiro atoms. The second-order valence-electron chi connectivity index (χ2n) is 3.42. The molecule has 0 amide bonds. The Hall–Kier alpha value is -1.49. The average Bonchev–Trinajstić information content (AvgIpc) is 2.18. The van der Waals surface area contributed by atoms with Gasteiger partial charge in [-0.15, -0.1) is 0 Å². The summed E-state index contributed by atoms with van der Waals surface area (Å²) in [6, 6.07) is 5.55. The van der Waals surface area contributed by atoms with Crippen molar-refractivity contribution in [2.24, 2.45) is 0 Å². The minimum absolute atomic E-state index is 0.0870. The average molecular weight is 281 g/mol. The number of aromatic nitrogens is 2. The molecule has 2 rings (SSSR count). The number of aryl methyl sites for hydroxylation is 1. The zero-order chi connectivity index (χ0) is 11.7. The number of carboxylic acid groups (broad SMARTS) is 1. The van der Waals surface area contributed by atoms with Crippen molar-refractivity contribution in [2.75, 3.05) is 0 Å². The van der Waals surface area contributed by atoms with E-state index in [4.69, 9.17) is 5.11 Å². The van der Waals surface area contributed by atoms with E-state index in [2.05, 4.69) is 25.9 Å². The first kappa shape index (κ1) is 11.0. The number of aliphatic carboxylic acids is 1. The van der Waals surface area contributed by atoms with Gasteiger partial charge in [-0.1, -0.05) is 12.1 Å². The lowest BCUT2D eigenvalue weighted by atomic mass is 10.1. The van der Waals surface area contributed by atoms with Gasteiger partial charge in [-0.2, -0.15) is 0 Å². The van der Waals surface area contributed by atoms with Crippen molar-refractivity contribution >= 4 is 32.8 Å². The second kappa shape index (κ2) is 4.17. The first-order chi connectivity index (χ1) is 7.58. The van der Waals surface area contributed by atoms with E-state index in [1.54, 1.807) is 6.92 Å². The number of nitrogens with zero attached hydrogens (tertiary/aromatic N) is 2. The van der Waals surface area contributed by atoms with E-state index in [-0.39, 0.29) is 6.42 Å². The molecule has 0 fully saturated rings. The van der Waals surface area contributed by atoms with Crippen LogP contribution in [0.3, 0.4) is 0 Å². The van der Waals surface area contributed by atoms with Gasteiger partial charge in [0.1, 0.15) is 5.82 Å². The molecule has 2 aromatic rings. The monoisotopic (exact) mass is 280 g/mol. The van der Waals surface area contributed by atoms with Crippen molar-refractivity contribution in [1.29, 1.82) is 0 Å². The molecule has 0 saturated carbocycles. The van der Waals surface area contributed by atoms with Crippen LogP contribution in [0, 0.1) is 6.92 Å². The van der Waals surface area contributed by atoms with Crippen LogP contribution in [-0.4, -0.2) is 21.0 Å². The van der Waals surface area contributed by atoms with Crippen LogP contribution in [0.2, 0.25) is 0 Å². The molecule has 0 aliphatic heterocycles. The zero-order valence-electron chi connectivity index (χ0n) is 8.57. The molecule has 0 aliphatic carbocycles. The van der Waals surface area contributed by atoms with Crippen LogP contribution in [0.1, 0.15) is 11.5 Å². The number of carboxylic acids is 1. The molecule has 1 aromatic carbocycles. The maximum absolute atomic E-state index is 10.7. The van der Waals surface area contributed by atoms with E-state index in [0.29, 0.717) is 11.5 Å². The predicted molar refractivity (Wildman–Crippen MR) is 63.3 cm³/mol. The molecular formula is C11H9BrN2O2. The summed E-state index contributed by atoms with van der Waals surface area (Å²) < 4.78 is 0.849. The topological polar surface area (TPSA) is 63.1 Å². The summed E-state index contributed by atoms with van der Waals surface area (Å²) in [5.41, 5.74) is 1.31. The third kappa shape index (κ3) is 2.04. The summed E-state index contributed by atoms with van der Waals surface area (Å²) >= 11 is 3.39. The fraction of sp³-hybridized carbons (Fsp3) is 0.182. The largest absolute Gasteiger partial charge is 0.481 e. The number of halogens is 1. The number of rotatable bonds is 2. The lowest BCUT2D eigenvalue weighted by Crippen LogP contribution is -2.05. The molecule has 1 aromatic heterocycles. The third-order valence-corrected chi connectivity index (χ3v) is 2.83. The van der Waals surface area contributed by atoms with Gasteiger partial charge in [-0.25, -0.2) is 9.97 Å². The molecule has 16 heavy (non-hydrogen) atoms. The predicted octanol–water partition coefficient (Wildman–Crippen LogP) is 2.33. The minimum Gasteiger partial charge on any atom is -0.481 e. The van der Waals surface area contributed by atoms with Crippen molar-refractivity contribution in [3.8, 4) is 0 Å². The van der Waals surface area contributed by atoms with E-state index in [1.165, 1.54) is 0 Å². The Balaban J connectivity index is 2.72. The maximum Gasteiger partial charge on any atom is 0.309 e. The fourth-order valence-electron chi connectivity index (χ4n) is 1.58. The fourth-order valence-corrected chi connectivity index (χ4v) is 2.04. The van der Waals surface area contributed by atoms with Crippen molar-refractivity contribution in [3.05, 3.63) is 34.2 Å². The highest BCUT2D eigenvalue weighted by molar-refractivity contribution is 9.10. The van der Waals surface area contributed by atoms with Gasteiger partial charge >= 0.3 is 5.97 Å². The highest BCUT2D eigenvalue weighted by Crippen LogP contribution is 2.24. The highest BCUT2D eigenvalue weighted by Gasteiger charge is 2.10. The summed E-state index contributed by atoms with van der Waals surface area (Å²) in [4.78, 5) is 19.2. The van der Waals surface area contributed by atoms with Gasteiger partial charge in [-0.05, 0) is 28.9 Å². The molecule has 0 atom stereocenters. The summed E-state index contributed by atoms with van der Waals surface area (Å²) in [5.74, 6) is -0.310. The van der Waals surface area contributed by atoms with Gasteiger partial charge in [0.15, 0.2) is 0 Å². The van der Waals surface area contributed by atoms with Crippen molar-refractivity contribution in [3.63, 3.8) is 0 Å². The van der Waals surface area contributed by atoms with Crippen LogP contribution in [0.5, 0.6) is 0 Å². The molecule has 1 heterocycles. The van der Waals surface area contributed by atoms with Crippen molar-refractivity contribution < 1.29 is 9.90 Å². The summed E-state index contributed by atoms with van der Waals surface area (Å²) in [6.45, 7) is 1.75. The van der Waals surface area contributed by atoms with Crippen LogP contribution in [0.15, 0.2) is 22.7 Å². The SMILES string of the molecule is Cc1nc(CC(=O)O)c2cccc(Br)c2n1. The van der Waals surface area contributed by atoms with Crippen molar-refractivity contribution in [1.82, 2.24) is 9.97 Å². The smallest absolute Gasteiger partial charge is 0.309 e. The molecule has 0 saturated heterocycles. The van der Waals surface area contributed by atoms with Crippen LogP contribution in [0.4, 0.5) is 0 Å². The number of hydrogen-bond acceptors (Lipinski definition) is 3. The van der Waals surface area contributed by atoms with Gasteiger partial charge < -0.3 is 5.11 Å². The normalized spacial score (nSPS) is 10.6. The molecule has 0 bridgehead atoms. The summed E-state index contributed by atoms with van der Waals surface area (Å²) in [5, 5.41) is 9.59. The number of para-hydroxylation sites is 1. The molecule has 5 heteroatoms. The lowest BCUT2D eigenvalue weighted by Gasteiger charge is -2.05. The van der Waals surface area contributed by atoms with Gasteiger partial charge in [-0.3, -0.25) is 4.79 Å². The lowest BCUT2D eigenvalue weighted by molar-refractivity contribution is -0.136. The first-order valence-corrected chi connectivity index (χ1v) is 5.51. The molecule has 1 N–H and O–H groups in total. The number of fused-ring (bicyclic) bond motifs is 1. The minimum atomic E-state index is -0.889. The Morgan fingerprint density at radius 3 is 2.88 bits per heavy atom. The maximum atomic E-state index is 10.7. The molecule has 0 unspecified atom stereocenters. The zero-order valence-corrected chi connectivity index (χ0v) is 10.2. The van der Waals surface area contributed by atoms with Crippen LogP contribution in [0.25, 0.3) is 10.9 Å². The Labute approximate surface area is 100 Å². The van der Waals surface area contributed by atoms with Gasteiger partial charge in [0.05, 0.1) is 17.6 Å². The number of hydrogen-bond donors (Lipinski definition) is 1. The van der Waals surface area contributed by atoms with E-state index in [1.807, 2.05) is 18.2 Å². The highest BCUT2D eigenvalue weighted by atomic mass is 79.9. The molecule has 0 aliphatic rings. The molecule has 0 radical (unpaired) electrons. The van der Waals surface area contributed by atoms with E-state index < -0.39 is 5.97 Å². The second-order valence-corrected chi connectivity index (χ2v) is 4.28. The van der Waals surface area contributed by atoms with Gasteiger partial charge in [0.25, 0.3) is 0 Å². The van der Waals surface area contributed by atoms with E-state index in [0.717, 1.165) is 15.4 Å². The van der Waals surface area contributed by atoms with Crippen molar-refractivity contribution in [2.45, 2.75) is 13.3 Å². The Morgan fingerprint density at radius 2 is 2.19 bits per heavy atom. The number of benzene rings is 1. The molecule has 4 nitrogen and oxygen atoms in total. The quantitative estimate of drug-likeness (QED) is 0.917. The Morgan fingerprint density at radius 1 is 1.44 bits per heavy atom. The Bertz CT molecular complexity index is 569. The van der Waals surface area contributed by atoms with Crippen LogP contribution in [-0.2, 0) is 11.2 Å². The van der Waals surface area contributed by atoms with Gasteiger partial charge in [0, 0.05) is 9.86 Å². The first-order valence-electron chi connectivity index (χ1n) is 4.71. The molecular weight excluding hydrogens is 272 g/mol. The van der Waals surface area contributed by atoms with E-state index >= 15 is 0 Å². The third-order valence-electron chi connectivity index (χ3n) is 2.19. The van der Waals surface area contributed by atoms with Crippen LogP contribution < -0.4 is 0 Å². The molecule has 82 valence electrons. The standard InChI is InChI=1S/C11H9BrN2O2/c1-6-13-9(5-10(15)16)7-3-2-4-8(12)11(7)14-6/h2-4H,5H2,1H3,(H,15,16). The van der Waals surface area contributed by atoms with Gasteiger partial charge in [0.2, 0.25) is 0 Å². The van der Waals surface area contributed by atoms with E-state index in [9.17, 15) is 4.79 Å². The van der Waals surface area contributed by atoms with Crippen LogP contribution >= 0.6 is 15.9 Å². The Kier molecular flexibility index (Phi) is 2.87. The summed E-state index contributed by atoms with van der Waals surface area (Å²) in [7, 11) is 0.